The molecule has 20 heavy (non-hydrogen) atoms. The number of hydrogen-bond acceptors (Lipinski definition) is 0. The van der Waals surface area contributed by atoms with Crippen LogP contribution in [0.3, 0.4) is 0 Å². The third-order valence-electron chi connectivity index (χ3n) is 4.12. The van der Waals surface area contributed by atoms with Gasteiger partial charge in [-0.2, -0.15) is 0 Å². The molecule has 1 aliphatic carbocycles. The lowest BCUT2D eigenvalue weighted by Gasteiger charge is -2.27. The van der Waals surface area contributed by atoms with Crippen LogP contribution in [0.4, 0.5) is 13.2 Å². The topological polar surface area (TPSA) is 0 Å². The van der Waals surface area contributed by atoms with E-state index in [0.717, 1.165) is 25.7 Å². The van der Waals surface area contributed by atoms with Gasteiger partial charge in [0.25, 0.3) is 6.43 Å². The Morgan fingerprint density at radius 3 is 2.25 bits per heavy atom. The number of hydrogen-bond donors (Lipinski definition) is 0. The second kappa shape index (κ2) is 7.51. The van der Waals surface area contributed by atoms with Gasteiger partial charge in [0.2, 0.25) is 0 Å². The molecule has 0 heterocycles. The average Bonchev–Trinajstić information content (AvgIpc) is 2.48. The van der Waals surface area contributed by atoms with E-state index in [9.17, 15) is 13.2 Å². The minimum Gasteiger partial charge on any atom is -0.251 e. The lowest BCUT2D eigenvalue weighted by Crippen LogP contribution is -2.11. The molecule has 0 aromatic heterocycles. The van der Waals surface area contributed by atoms with E-state index >= 15 is 0 Å². The molecule has 0 unspecified atom stereocenters. The largest absolute Gasteiger partial charge is 0.263 e. The first kappa shape index (κ1) is 15.1. The number of allylic oxidation sites excluding steroid dienone is 2. The van der Waals surface area contributed by atoms with E-state index in [1.807, 2.05) is 18.2 Å². The Hall–Kier alpha value is -1.25. The van der Waals surface area contributed by atoms with Gasteiger partial charge in [0, 0.05) is 5.56 Å². The molecule has 1 aromatic rings. The fraction of sp³-hybridized carbons (Fsp3) is 0.529. The molecule has 2 rings (SSSR count). The van der Waals surface area contributed by atoms with Gasteiger partial charge in [-0.05, 0) is 49.5 Å². The second-order valence-corrected chi connectivity index (χ2v) is 5.48. The Labute approximate surface area is 118 Å². The summed E-state index contributed by atoms with van der Waals surface area (Å²) in [7, 11) is 0. The first-order valence-corrected chi connectivity index (χ1v) is 7.31. The molecule has 0 nitrogen and oxygen atoms in total. The van der Waals surface area contributed by atoms with E-state index in [4.69, 9.17) is 0 Å². The van der Waals surface area contributed by atoms with Crippen molar-refractivity contribution < 1.29 is 13.2 Å². The van der Waals surface area contributed by atoms with Gasteiger partial charge in [-0.3, -0.25) is 4.39 Å². The summed E-state index contributed by atoms with van der Waals surface area (Å²) in [6.07, 6.45) is 6.55. The first-order valence-electron chi connectivity index (χ1n) is 7.31. The summed E-state index contributed by atoms with van der Waals surface area (Å²) in [6.45, 7) is -0.289. The highest BCUT2D eigenvalue weighted by Gasteiger charge is 2.21. The van der Waals surface area contributed by atoms with Crippen molar-refractivity contribution in [1.29, 1.82) is 0 Å². The van der Waals surface area contributed by atoms with Gasteiger partial charge < -0.3 is 0 Å². The minimum absolute atomic E-state index is 0.0941. The van der Waals surface area contributed by atoms with E-state index in [1.165, 1.54) is 17.7 Å². The molecule has 0 amide bonds. The summed E-state index contributed by atoms with van der Waals surface area (Å²) in [5.74, 6) is 1.03. The lowest BCUT2D eigenvalue weighted by atomic mass is 9.78. The van der Waals surface area contributed by atoms with Crippen molar-refractivity contribution >= 4 is 0 Å². The molecular weight excluding hydrogens is 261 g/mol. The van der Waals surface area contributed by atoms with Crippen molar-refractivity contribution in [3.63, 3.8) is 0 Å². The average molecular weight is 282 g/mol. The molecule has 0 saturated heterocycles. The fourth-order valence-electron chi connectivity index (χ4n) is 2.91. The van der Waals surface area contributed by atoms with Crippen LogP contribution in [0.2, 0.25) is 0 Å². The van der Waals surface area contributed by atoms with Crippen molar-refractivity contribution in [2.45, 2.75) is 44.4 Å². The zero-order chi connectivity index (χ0) is 14.4. The highest BCUT2D eigenvalue weighted by Crippen LogP contribution is 2.36. The van der Waals surface area contributed by atoms with Gasteiger partial charge in [0.15, 0.2) is 0 Å². The molecule has 0 spiro atoms. The molecule has 110 valence electrons. The predicted molar refractivity (Wildman–Crippen MR) is 75.8 cm³/mol. The Morgan fingerprint density at radius 1 is 1.05 bits per heavy atom. The van der Waals surface area contributed by atoms with Crippen molar-refractivity contribution in [2.75, 3.05) is 6.67 Å². The Balaban J connectivity index is 1.87. The maximum atomic E-state index is 12.5. The second-order valence-electron chi connectivity index (χ2n) is 5.48. The van der Waals surface area contributed by atoms with E-state index in [0.29, 0.717) is 18.3 Å². The Kier molecular flexibility index (Phi) is 5.69. The van der Waals surface area contributed by atoms with Crippen LogP contribution in [-0.2, 0) is 0 Å². The monoisotopic (exact) mass is 282 g/mol. The first-order chi connectivity index (χ1) is 9.70. The Morgan fingerprint density at radius 2 is 1.70 bits per heavy atom. The van der Waals surface area contributed by atoms with Crippen molar-refractivity contribution in [1.82, 2.24) is 0 Å². The summed E-state index contributed by atoms with van der Waals surface area (Å²) in [6, 6.07) is 6.75. The smallest absolute Gasteiger partial charge is 0.251 e. The van der Waals surface area contributed by atoms with Crippen molar-refractivity contribution in [3.05, 3.63) is 47.5 Å². The normalized spacial score (nSPS) is 23.6. The molecule has 1 aromatic carbocycles. The summed E-state index contributed by atoms with van der Waals surface area (Å²) in [5.41, 5.74) is 1.26. The van der Waals surface area contributed by atoms with Gasteiger partial charge in [-0.1, -0.05) is 36.4 Å². The third-order valence-corrected chi connectivity index (χ3v) is 4.12. The third kappa shape index (κ3) is 4.12. The molecule has 0 N–H and O–H groups in total. The standard InChI is InChI=1S/C17H21F3/c18-12-2-1-3-13-4-6-14(7-5-13)15-8-10-16(11-9-15)17(19)20/h1,3,8-11,13-14,17H,2,4-7,12H2. The molecule has 0 aliphatic heterocycles. The SMILES string of the molecule is FCCC=CC1CCC(c2ccc(C(F)F)cc2)CC1. The van der Waals surface area contributed by atoms with Crippen LogP contribution in [-0.4, -0.2) is 6.67 Å². The molecule has 0 atom stereocenters. The Bertz CT molecular complexity index is 414. The van der Waals surface area contributed by atoms with Crippen molar-refractivity contribution in [2.24, 2.45) is 5.92 Å². The fourth-order valence-corrected chi connectivity index (χ4v) is 2.91. The van der Waals surface area contributed by atoms with Crippen LogP contribution in [0.1, 0.15) is 55.6 Å². The van der Waals surface area contributed by atoms with Gasteiger partial charge in [0.05, 0.1) is 6.67 Å². The zero-order valence-corrected chi connectivity index (χ0v) is 11.6. The molecule has 0 radical (unpaired) electrons. The highest BCUT2D eigenvalue weighted by molar-refractivity contribution is 5.26. The van der Waals surface area contributed by atoms with E-state index in [1.54, 1.807) is 0 Å². The molecule has 1 fully saturated rings. The maximum Gasteiger partial charge on any atom is 0.263 e. The van der Waals surface area contributed by atoms with E-state index in [2.05, 4.69) is 6.08 Å². The maximum absolute atomic E-state index is 12.5. The van der Waals surface area contributed by atoms with Gasteiger partial charge in [0.1, 0.15) is 0 Å². The summed E-state index contributed by atoms with van der Waals surface area (Å²) >= 11 is 0. The van der Waals surface area contributed by atoms with Crippen molar-refractivity contribution in [3.8, 4) is 0 Å². The highest BCUT2D eigenvalue weighted by atomic mass is 19.3. The van der Waals surface area contributed by atoms with E-state index in [-0.39, 0.29) is 12.2 Å². The number of halogens is 3. The number of alkyl halides is 3. The molecule has 1 aliphatic rings. The molecule has 3 heteroatoms. The minimum atomic E-state index is -2.39. The lowest BCUT2D eigenvalue weighted by molar-refractivity contribution is 0.151. The molecular formula is C17H21F3. The summed E-state index contributed by atoms with van der Waals surface area (Å²) < 4.78 is 37.0. The predicted octanol–water partition coefficient (Wildman–Crippen LogP) is 5.81. The van der Waals surface area contributed by atoms with E-state index < -0.39 is 6.43 Å². The summed E-state index contributed by atoms with van der Waals surface area (Å²) in [5, 5.41) is 0. The number of rotatable bonds is 5. The van der Waals surface area contributed by atoms with Gasteiger partial charge in [-0.25, -0.2) is 8.78 Å². The van der Waals surface area contributed by atoms with Crippen LogP contribution < -0.4 is 0 Å². The number of benzene rings is 1. The van der Waals surface area contributed by atoms with Crippen LogP contribution in [0, 0.1) is 5.92 Å². The van der Waals surface area contributed by atoms with Crippen LogP contribution in [0.25, 0.3) is 0 Å². The summed E-state index contributed by atoms with van der Waals surface area (Å²) in [4.78, 5) is 0. The molecule has 1 saturated carbocycles. The molecule has 0 bridgehead atoms. The van der Waals surface area contributed by atoms with Crippen LogP contribution in [0.15, 0.2) is 36.4 Å². The zero-order valence-electron chi connectivity index (χ0n) is 11.6. The quantitative estimate of drug-likeness (QED) is 0.597. The van der Waals surface area contributed by atoms with Crippen LogP contribution in [0.5, 0.6) is 0 Å². The van der Waals surface area contributed by atoms with Gasteiger partial charge in [-0.15, -0.1) is 0 Å². The van der Waals surface area contributed by atoms with Crippen LogP contribution >= 0.6 is 0 Å². The van der Waals surface area contributed by atoms with Gasteiger partial charge >= 0.3 is 0 Å².